The first-order chi connectivity index (χ1) is 9.75. The van der Waals surface area contributed by atoms with Gasteiger partial charge in [-0.3, -0.25) is 4.57 Å². The number of rotatable bonds is 2. The van der Waals surface area contributed by atoms with E-state index in [4.69, 9.17) is 13.7 Å². The summed E-state index contributed by atoms with van der Waals surface area (Å²) in [5.41, 5.74) is 0.918. The zero-order chi connectivity index (χ0) is 15.4. The number of aromatic nitrogens is 2. The van der Waals surface area contributed by atoms with Crippen LogP contribution in [0.15, 0.2) is 21.5 Å². The molecule has 6 nitrogen and oxygen atoms in total. The highest BCUT2D eigenvalue weighted by molar-refractivity contribution is 6.62. The Morgan fingerprint density at radius 1 is 1.24 bits per heavy atom. The van der Waals surface area contributed by atoms with Crippen LogP contribution in [0.25, 0.3) is 11.2 Å². The summed E-state index contributed by atoms with van der Waals surface area (Å²) < 4.78 is 18.7. The number of hydrogen-bond acceptors (Lipinski definition) is 5. The lowest BCUT2D eigenvalue weighted by atomic mass is 9.80. The van der Waals surface area contributed by atoms with E-state index in [0.717, 1.165) is 5.46 Å². The predicted molar refractivity (Wildman–Crippen MR) is 79.7 cm³/mol. The fourth-order valence-electron chi connectivity index (χ4n) is 2.35. The molecule has 0 spiro atoms. The fraction of sp³-hybridized carbons (Fsp3) is 0.571. The fourth-order valence-corrected chi connectivity index (χ4v) is 2.35. The van der Waals surface area contributed by atoms with Crippen molar-refractivity contribution in [3.05, 3.63) is 22.8 Å². The summed E-state index contributed by atoms with van der Waals surface area (Å²) >= 11 is 0. The van der Waals surface area contributed by atoms with Crippen molar-refractivity contribution < 1.29 is 13.7 Å². The molecule has 1 fully saturated rings. The second kappa shape index (κ2) is 4.45. The van der Waals surface area contributed by atoms with Gasteiger partial charge in [-0.1, -0.05) is 0 Å². The highest BCUT2D eigenvalue weighted by atomic mass is 16.7. The van der Waals surface area contributed by atoms with Gasteiger partial charge >= 0.3 is 12.9 Å². The number of fused-ring (bicyclic) bond motifs is 1. The van der Waals surface area contributed by atoms with E-state index < -0.39 is 24.1 Å². The van der Waals surface area contributed by atoms with Gasteiger partial charge in [0.15, 0.2) is 11.2 Å². The molecule has 1 aliphatic rings. The van der Waals surface area contributed by atoms with Crippen LogP contribution in [0.4, 0.5) is 0 Å². The molecular weight excluding hydrogens is 271 g/mol. The smallest absolute Gasteiger partial charge is 0.406 e. The minimum atomic E-state index is -0.512. The van der Waals surface area contributed by atoms with Gasteiger partial charge in [-0.25, -0.2) is 9.78 Å². The van der Waals surface area contributed by atoms with E-state index in [2.05, 4.69) is 4.98 Å². The van der Waals surface area contributed by atoms with Crippen molar-refractivity contribution in [3.8, 4) is 0 Å². The Balaban J connectivity index is 2.02. The zero-order valence-corrected chi connectivity index (χ0v) is 13.0. The molecule has 2 aromatic rings. The van der Waals surface area contributed by atoms with Gasteiger partial charge in [-0.05, 0) is 40.7 Å². The van der Waals surface area contributed by atoms with Crippen LogP contribution < -0.4 is 11.2 Å². The van der Waals surface area contributed by atoms with Gasteiger partial charge in [0.05, 0.1) is 11.2 Å². The summed E-state index contributed by atoms with van der Waals surface area (Å²) in [4.78, 5) is 16.0. The Morgan fingerprint density at radius 3 is 2.43 bits per heavy atom. The van der Waals surface area contributed by atoms with Crippen LogP contribution in [0.3, 0.4) is 0 Å². The monoisotopic (exact) mass is 290 g/mol. The van der Waals surface area contributed by atoms with Crippen LogP contribution in [0, 0.1) is 0 Å². The predicted octanol–water partition coefficient (Wildman–Crippen LogP) is 1.31. The van der Waals surface area contributed by atoms with Crippen LogP contribution in [0.1, 0.15) is 34.6 Å². The molecule has 0 amide bonds. The molecule has 0 bridgehead atoms. The highest BCUT2D eigenvalue weighted by Crippen LogP contribution is 2.36. The van der Waals surface area contributed by atoms with E-state index in [0.29, 0.717) is 17.8 Å². The molecular formula is C14H19BN2O4. The lowest BCUT2D eigenvalue weighted by Crippen LogP contribution is -2.41. The first-order valence-electron chi connectivity index (χ1n) is 7.10. The summed E-state index contributed by atoms with van der Waals surface area (Å²) in [6, 6.07) is 1.76. The van der Waals surface area contributed by atoms with E-state index in [9.17, 15) is 4.79 Å². The van der Waals surface area contributed by atoms with Gasteiger partial charge < -0.3 is 13.7 Å². The normalized spacial score (nSPS) is 20.3. The molecule has 1 saturated heterocycles. The minimum absolute atomic E-state index is 0.397. The van der Waals surface area contributed by atoms with Crippen molar-refractivity contribution in [2.75, 3.05) is 0 Å². The summed E-state index contributed by atoms with van der Waals surface area (Å²) in [6.07, 6.45) is 1.67. The standard InChI is InChI=1S/C14H19BN2O4/c1-6-17-11-10(19-12(17)18)7-9(8-16-11)15-20-13(2,3)14(4,5)21-15/h7-8H,6H2,1-5H3. The molecule has 1 aliphatic heterocycles. The SMILES string of the molecule is CCn1c(=O)oc2cc(B3OC(C)(C)C(C)(C)O3)cnc21. The molecule has 0 aliphatic carbocycles. The molecule has 0 N–H and O–H groups in total. The number of pyridine rings is 1. The Bertz CT molecular complexity index is 731. The van der Waals surface area contributed by atoms with E-state index in [1.807, 2.05) is 34.6 Å². The minimum Gasteiger partial charge on any atom is -0.406 e. The lowest BCUT2D eigenvalue weighted by Gasteiger charge is -2.32. The van der Waals surface area contributed by atoms with Gasteiger partial charge in [0.25, 0.3) is 0 Å². The van der Waals surface area contributed by atoms with E-state index >= 15 is 0 Å². The van der Waals surface area contributed by atoms with Gasteiger partial charge in [0.2, 0.25) is 0 Å². The molecule has 3 rings (SSSR count). The number of nitrogens with zero attached hydrogens (tertiary/aromatic N) is 2. The number of hydrogen-bond donors (Lipinski definition) is 0. The number of aryl methyl sites for hydroxylation is 1. The van der Waals surface area contributed by atoms with E-state index in [1.54, 1.807) is 12.3 Å². The number of oxazole rings is 1. The molecule has 2 aromatic heterocycles. The summed E-state index contributed by atoms with van der Waals surface area (Å²) in [5.74, 6) is -0.397. The van der Waals surface area contributed by atoms with Crippen LogP contribution in [-0.4, -0.2) is 27.9 Å². The van der Waals surface area contributed by atoms with Crippen molar-refractivity contribution in [2.45, 2.75) is 52.4 Å². The Kier molecular flexibility index (Phi) is 3.04. The maximum Gasteiger partial charge on any atom is 0.496 e. The Morgan fingerprint density at radius 2 is 1.86 bits per heavy atom. The van der Waals surface area contributed by atoms with Crippen LogP contribution >= 0.6 is 0 Å². The molecule has 0 unspecified atom stereocenters. The van der Waals surface area contributed by atoms with Crippen molar-refractivity contribution in [3.63, 3.8) is 0 Å². The quantitative estimate of drug-likeness (QED) is 0.780. The lowest BCUT2D eigenvalue weighted by molar-refractivity contribution is 0.00578. The van der Waals surface area contributed by atoms with Crippen LogP contribution in [0.5, 0.6) is 0 Å². The van der Waals surface area contributed by atoms with Crippen molar-refractivity contribution >= 4 is 23.8 Å². The third-order valence-corrected chi connectivity index (χ3v) is 4.37. The van der Waals surface area contributed by atoms with Gasteiger partial charge in [-0.15, -0.1) is 0 Å². The Hall–Kier alpha value is -1.60. The average Bonchev–Trinajstić information content (AvgIpc) is 2.81. The molecule has 112 valence electrons. The molecule has 7 heteroatoms. The van der Waals surface area contributed by atoms with Gasteiger partial charge in [-0.2, -0.15) is 0 Å². The molecule has 0 saturated carbocycles. The molecule has 3 heterocycles. The second-order valence-corrected chi connectivity index (χ2v) is 6.29. The topological polar surface area (TPSA) is 66.5 Å². The van der Waals surface area contributed by atoms with Gasteiger partial charge in [0, 0.05) is 18.2 Å². The summed E-state index contributed by atoms with van der Waals surface area (Å²) in [7, 11) is -0.512. The first kappa shape index (κ1) is 14.3. The van der Waals surface area contributed by atoms with E-state index in [1.165, 1.54) is 4.57 Å². The van der Waals surface area contributed by atoms with Crippen LogP contribution in [-0.2, 0) is 15.9 Å². The maximum atomic E-state index is 11.7. The maximum absolute atomic E-state index is 11.7. The third-order valence-electron chi connectivity index (χ3n) is 4.37. The average molecular weight is 290 g/mol. The zero-order valence-electron chi connectivity index (χ0n) is 13.0. The highest BCUT2D eigenvalue weighted by Gasteiger charge is 2.51. The van der Waals surface area contributed by atoms with Crippen LogP contribution in [0.2, 0.25) is 0 Å². The summed E-state index contributed by atoms with van der Waals surface area (Å²) in [5, 5.41) is 0. The molecule has 21 heavy (non-hydrogen) atoms. The van der Waals surface area contributed by atoms with Crippen molar-refractivity contribution in [1.29, 1.82) is 0 Å². The molecule has 0 radical (unpaired) electrons. The third kappa shape index (κ3) is 2.11. The van der Waals surface area contributed by atoms with Crippen molar-refractivity contribution in [1.82, 2.24) is 9.55 Å². The molecule has 0 atom stereocenters. The first-order valence-corrected chi connectivity index (χ1v) is 7.10. The van der Waals surface area contributed by atoms with Crippen molar-refractivity contribution in [2.24, 2.45) is 0 Å². The second-order valence-electron chi connectivity index (χ2n) is 6.29. The van der Waals surface area contributed by atoms with Gasteiger partial charge in [0.1, 0.15) is 0 Å². The largest absolute Gasteiger partial charge is 0.496 e. The van der Waals surface area contributed by atoms with E-state index in [-0.39, 0.29) is 0 Å². The molecule has 0 aromatic carbocycles. The Labute approximate surface area is 123 Å². The summed E-state index contributed by atoms with van der Waals surface area (Å²) in [6.45, 7) is 10.4.